The van der Waals surface area contributed by atoms with Crippen molar-refractivity contribution in [3.05, 3.63) is 17.8 Å². The molecule has 1 saturated heterocycles. The zero-order chi connectivity index (χ0) is 16.6. The van der Waals surface area contributed by atoms with Crippen LogP contribution in [0.25, 0.3) is 0 Å². The van der Waals surface area contributed by atoms with Crippen molar-refractivity contribution in [2.24, 2.45) is 11.3 Å². The summed E-state index contributed by atoms with van der Waals surface area (Å²) in [6.07, 6.45) is 1.43. The Kier molecular flexibility index (Phi) is 4.26. The molecule has 3 rings (SSSR count). The first-order valence-corrected chi connectivity index (χ1v) is 8.41. The van der Waals surface area contributed by atoms with E-state index in [0.29, 0.717) is 23.5 Å². The Morgan fingerprint density at radius 3 is 2.78 bits per heavy atom. The number of hydrogen-bond donors (Lipinski definition) is 2. The molecule has 0 radical (unpaired) electrons. The lowest BCUT2D eigenvalue weighted by atomic mass is 9.65. The molecule has 2 heterocycles. The largest absolute Gasteiger partial charge is 0.391 e. The van der Waals surface area contributed by atoms with Crippen molar-refractivity contribution in [2.75, 3.05) is 18.4 Å². The normalized spacial score (nSPS) is 33.7. The Hall–Kier alpha value is -1.71. The van der Waals surface area contributed by atoms with Crippen LogP contribution >= 0.6 is 0 Å². The van der Waals surface area contributed by atoms with Crippen LogP contribution in [-0.2, 0) is 0 Å². The highest BCUT2D eigenvalue weighted by atomic mass is 16.3. The van der Waals surface area contributed by atoms with Gasteiger partial charge in [0.2, 0.25) is 0 Å². The zero-order valence-corrected chi connectivity index (χ0v) is 14.0. The lowest BCUT2D eigenvalue weighted by Crippen LogP contribution is -2.65. The molecule has 6 nitrogen and oxygen atoms in total. The molecule has 2 fully saturated rings. The van der Waals surface area contributed by atoms with E-state index in [1.165, 1.54) is 0 Å². The molecule has 4 atom stereocenters. The van der Waals surface area contributed by atoms with Gasteiger partial charge in [-0.25, -0.2) is 0 Å². The van der Waals surface area contributed by atoms with Gasteiger partial charge in [-0.2, -0.15) is 5.26 Å². The van der Waals surface area contributed by atoms with Crippen molar-refractivity contribution in [3.8, 4) is 6.07 Å². The SMILES string of the molecule is CCN1CC2(C[C@@H](O)[C@H](Nc3ccc(C#N)nn3)C2)C1C(C)C. The molecule has 1 aromatic rings. The molecule has 1 aliphatic heterocycles. The van der Waals surface area contributed by atoms with E-state index >= 15 is 0 Å². The van der Waals surface area contributed by atoms with Crippen LogP contribution in [0.1, 0.15) is 39.3 Å². The third-order valence-electron chi connectivity index (χ3n) is 5.40. The first-order chi connectivity index (χ1) is 11.0. The number of aliphatic hydroxyl groups excluding tert-OH is 1. The number of nitrogens with zero attached hydrogens (tertiary/aromatic N) is 4. The number of likely N-dealkylation sites (tertiary alicyclic amines) is 1. The molecule has 6 heteroatoms. The van der Waals surface area contributed by atoms with Crippen LogP contribution in [0.4, 0.5) is 5.82 Å². The van der Waals surface area contributed by atoms with Gasteiger partial charge in [-0.3, -0.25) is 4.90 Å². The van der Waals surface area contributed by atoms with Crippen molar-refractivity contribution in [2.45, 2.75) is 51.8 Å². The molecule has 124 valence electrons. The maximum Gasteiger partial charge on any atom is 0.163 e. The van der Waals surface area contributed by atoms with Crippen molar-refractivity contribution in [1.82, 2.24) is 15.1 Å². The number of nitriles is 1. The second-order valence-corrected chi connectivity index (χ2v) is 7.26. The Labute approximate surface area is 137 Å². The number of aliphatic hydroxyl groups is 1. The molecule has 2 unspecified atom stereocenters. The lowest BCUT2D eigenvalue weighted by molar-refractivity contribution is -0.0961. The van der Waals surface area contributed by atoms with Gasteiger partial charge in [0.1, 0.15) is 11.9 Å². The predicted molar refractivity (Wildman–Crippen MR) is 87.7 cm³/mol. The van der Waals surface area contributed by atoms with Gasteiger partial charge in [-0.05, 0) is 37.4 Å². The van der Waals surface area contributed by atoms with E-state index in [0.717, 1.165) is 25.9 Å². The molecule has 0 aromatic carbocycles. The van der Waals surface area contributed by atoms with Crippen LogP contribution in [-0.4, -0.2) is 51.5 Å². The standard InChI is InChI=1S/C17H25N5O/c1-4-22-10-17(16(22)11(2)3)7-13(14(23)8-17)19-15-6-5-12(9-18)20-21-15/h5-6,11,13-14,16,23H,4,7-8,10H2,1-3H3,(H,19,21)/t13-,14-,16?,17?/m1/s1. The summed E-state index contributed by atoms with van der Waals surface area (Å²) in [5.74, 6) is 1.21. The molecule has 1 spiro atoms. The number of rotatable bonds is 4. The molecule has 1 saturated carbocycles. The van der Waals surface area contributed by atoms with Gasteiger partial charge < -0.3 is 10.4 Å². The fraction of sp³-hybridized carbons (Fsp3) is 0.706. The first kappa shape index (κ1) is 16.2. The molecule has 0 bridgehead atoms. The highest BCUT2D eigenvalue weighted by molar-refractivity contribution is 5.37. The smallest absolute Gasteiger partial charge is 0.163 e. The Balaban J connectivity index is 1.70. The van der Waals surface area contributed by atoms with E-state index in [1.807, 2.05) is 6.07 Å². The molecule has 23 heavy (non-hydrogen) atoms. The minimum atomic E-state index is -0.368. The fourth-order valence-corrected chi connectivity index (χ4v) is 4.70. The van der Waals surface area contributed by atoms with Gasteiger partial charge in [0.25, 0.3) is 0 Å². The second kappa shape index (κ2) is 6.06. The minimum Gasteiger partial charge on any atom is -0.391 e. The van der Waals surface area contributed by atoms with Gasteiger partial charge in [0.05, 0.1) is 12.1 Å². The third-order valence-corrected chi connectivity index (χ3v) is 5.40. The van der Waals surface area contributed by atoms with Gasteiger partial charge in [0, 0.05) is 18.0 Å². The van der Waals surface area contributed by atoms with E-state index in [2.05, 4.69) is 41.2 Å². The monoisotopic (exact) mass is 315 g/mol. The van der Waals surface area contributed by atoms with Crippen LogP contribution in [0, 0.1) is 22.7 Å². The summed E-state index contributed by atoms with van der Waals surface area (Å²) in [5, 5.41) is 30.5. The summed E-state index contributed by atoms with van der Waals surface area (Å²) in [7, 11) is 0. The Morgan fingerprint density at radius 1 is 1.43 bits per heavy atom. The number of aromatic nitrogens is 2. The second-order valence-electron chi connectivity index (χ2n) is 7.26. The maximum atomic E-state index is 10.5. The molecular weight excluding hydrogens is 290 g/mol. The summed E-state index contributed by atoms with van der Waals surface area (Å²) in [5.41, 5.74) is 0.512. The van der Waals surface area contributed by atoms with Crippen molar-refractivity contribution < 1.29 is 5.11 Å². The fourth-order valence-electron chi connectivity index (χ4n) is 4.70. The molecule has 2 aliphatic rings. The van der Waals surface area contributed by atoms with Crippen LogP contribution in [0.15, 0.2) is 12.1 Å². The number of anilines is 1. The van der Waals surface area contributed by atoms with E-state index in [4.69, 9.17) is 5.26 Å². The van der Waals surface area contributed by atoms with Crippen LogP contribution in [0.2, 0.25) is 0 Å². The van der Waals surface area contributed by atoms with E-state index < -0.39 is 0 Å². The van der Waals surface area contributed by atoms with Crippen molar-refractivity contribution in [3.63, 3.8) is 0 Å². The number of nitrogens with one attached hydrogen (secondary N) is 1. The Bertz CT molecular complexity index is 596. The van der Waals surface area contributed by atoms with Crippen LogP contribution < -0.4 is 5.32 Å². The van der Waals surface area contributed by atoms with Crippen LogP contribution in [0.5, 0.6) is 0 Å². The summed E-state index contributed by atoms with van der Waals surface area (Å²) in [4.78, 5) is 2.52. The average Bonchev–Trinajstić information content (AvgIpc) is 2.83. The van der Waals surface area contributed by atoms with Gasteiger partial charge in [-0.15, -0.1) is 10.2 Å². The van der Waals surface area contributed by atoms with Gasteiger partial charge in [-0.1, -0.05) is 20.8 Å². The van der Waals surface area contributed by atoms with Crippen molar-refractivity contribution >= 4 is 5.82 Å². The molecule has 1 aromatic heterocycles. The summed E-state index contributed by atoms with van der Waals surface area (Å²) < 4.78 is 0. The highest BCUT2D eigenvalue weighted by Gasteiger charge is 2.58. The molecular formula is C17H25N5O. The topological polar surface area (TPSA) is 85.1 Å². The molecule has 2 N–H and O–H groups in total. The maximum absolute atomic E-state index is 10.5. The van der Waals surface area contributed by atoms with Crippen LogP contribution in [0.3, 0.4) is 0 Å². The average molecular weight is 315 g/mol. The van der Waals surface area contributed by atoms with Gasteiger partial charge >= 0.3 is 0 Å². The van der Waals surface area contributed by atoms with Gasteiger partial charge in [0.15, 0.2) is 5.69 Å². The minimum absolute atomic E-state index is 0.00232. The summed E-state index contributed by atoms with van der Waals surface area (Å²) >= 11 is 0. The molecule has 1 aliphatic carbocycles. The molecule has 0 amide bonds. The predicted octanol–water partition coefficient (Wildman–Crippen LogP) is 1.63. The highest BCUT2D eigenvalue weighted by Crippen LogP contribution is 2.53. The summed E-state index contributed by atoms with van der Waals surface area (Å²) in [6.45, 7) is 8.89. The van der Waals surface area contributed by atoms with Crippen molar-refractivity contribution in [1.29, 1.82) is 5.26 Å². The lowest BCUT2D eigenvalue weighted by Gasteiger charge is -2.58. The zero-order valence-electron chi connectivity index (χ0n) is 14.0. The van der Waals surface area contributed by atoms with E-state index in [9.17, 15) is 5.11 Å². The third kappa shape index (κ3) is 2.79. The summed E-state index contributed by atoms with van der Waals surface area (Å²) in [6, 6.07) is 5.90. The van der Waals surface area contributed by atoms with E-state index in [-0.39, 0.29) is 17.6 Å². The number of hydrogen-bond acceptors (Lipinski definition) is 6. The quantitative estimate of drug-likeness (QED) is 0.878. The Morgan fingerprint density at radius 2 is 2.22 bits per heavy atom. The first-order valence-electron chi connectivity index (χ1n) is 8.41. The van der Waals surface area contributed by atoms with E-state index in [1.54, 1.807) is 12.1 Å².